The first-order chi connectivity index (χ1) is 6.63. The van der Waals surface area contributed by atoms with Gasteiger partial charge in [-0.15, -0.1) is 0 Å². The molecule has 0 saturated heterocycles. The largest absolute Gasteiger partial charge is 0.326 e. The van der Waals surface area contributed by atoms with E-state index in [4.69, 9.17) is 5.26 Å². The molecule has 0 spiro atoms. The van der Waals surface area contributed by atoms with E-state index in [1.54, 1.807) is 6.08 Å². The van der Waals surface area contributed by atoms with Crippen molar-refractivity contribution in [2.45, 2.75) is 26.7 Å². The molecule has 3 nitrogen and oxygen atoms in total. The topological polar surface area (TPSA) is 52.9 Å². The molecule has 0 aromatic rings. The van der Waals surface area contributed by atoms with Gasteiger partial charge in [-0.1, -0.05) is 19.9 Å². The van der Waals surface area contributed by atoms with Crippen molar-refractivity contribution in [1.29, 1.82) is 5.26 Å². The van der Waals surface area contributed by atoms with Crippen LogP contribution in [0.4, 0.5) is 0 Å². The number of hydrogen-bond acceptors (Lipinski definition) is 2. The number of hydrogen-bond donors (Lipinski definition) is 1. The third-order valence-corrected chi connectivity index (χ3v) is 2.04. The Kier molecular flexibility index (Phi) is 3.47. The average molecular weight is 190 g/mol. The summed E-state index contributed by atoms with van der Waals surface area (Å²) in [5.74, 6) is -0.0385. The summed E-state index contributed by atoms with van der Waals surface area (Å²) in [6.07, 6.45) is 5.29. The van der Waals surface area contributed by atoms with Gasteiger partial charge in [0.1, 0.15) is 0 Å². The fraction of sp³-hybridized carbons (Fsp3) is 0.455. The van der Waals surface area contributed by atoms with Gasteiger partial charge < -0.3 is 5.32 Å². The van der Waals surface area contributed by atoms with Crippen molar-refractivity contribution in [1.82, 2.24) is 5.32 Å². The van der Waals surface area contributed by atoms with Crippen LogP contribution in [0.25, 0.3) is 0 Å². The molecule has 1 aliphatic rings. The Labute approximate surface area is 84.1 Å². The average Bonchev–Trinajstić information content (AvgIpc) is 2.18. The molecule has 0 radical (unpaired) electrons. The van der Waals surface area contributed by atoms with Crippen LogP contribution in [0.15, 0.2) is 23.4 Å². The van der Waals surface area contributed by atoms with Gasteiger partial charge in [-0.3, -0.25) is 4.79 Å². The van der Waals surface area contributed by atoms with Gasteiger partial charge in [0.05, 0.1) is 6.07 Å². The van der Waals surface area contributed by atoms with E-state index in [-0.39, 0.29) is 11.8 Å². The maximum atomic E-state index is 11.3. The number of nitrogens with zero attached hydrogens (tertiary/aromatic N) is 1. The lowest BCUT2D eigenvalue weighted by atomic mass is 10.0. The van der Waals surface area contributed by atoms with Crippen molar-refractivity contribution < 1.29 is 4.79 Å². The number of carbonyl (C=O) groups is 1. The fourth-order valence-electron chi connectivity index (χ4n) is 1.16. The lowest BCUT2D eigenvalue weighted by Crippen LogP contribution is -2.27. The highest BCUT2D eigenvalue weighted by Crippen LogP contribution is 2.14. The maximum Gasteiger partial charge on any atom is 0.226 e. The first kappa shape index (κ1) is 10.5. The Morgan fingerprint density at radius 3 is 2.93 bits per heavy atom. The molecular weight excluding hydrogens is 176 g/mol. The number of nitrogens with one attached hydrogen (secondary N) is 1. The monoisotopic (exact) mass is 190 g/mol. The minimum atomic E-state index is -0.0308. The van der Waals surface area contributed by atoms with E-state index >= 15 is 0 Å². The van der Waals surface area contributed by atoms with Crippen LogP contribution >= 0.6 is 0 Å². The molecule has 0 atom stereocenters. The summed E-state index contributed by atoms with van der Waals surface area (Å²) in [7, 11) is 0. The lowest BCUT2D eigenvalue weighted by Gasteiger charge is -2.12. The Bertz CT molecular complexity index is 332. The molecule has 1 N–H and O–H groups in total. The number of nitriles is 1. The normalized spacial score (nSPS) is 15.6. The zero-order valence-electron chi connectivity index (χ0n) is 8.50. The predicted octanol–water partition coefficient (Wildman–Crippen LogP) is 1.89. The third kappa shape index (κ3) is 2.74. The molecule has 3 heteroatoms. The van der Waals surface area contributed by atoms with Crippen LogP contribution in [0.3, 0.4) is 0 Å². The molecule has 0 bridgehead atoms. The molecular formula is C11H14N2O. The molecule has 0 unspecified atom stereocenters. The van der Waals surface area contributed by atoms with Gasteiger partial charge in [-0.25, -0.2) is 0 Å². The van der Waals surface area contributed by atoms with Crippen molar-refractivity contribution >= 4 is 5.91 Å². The Morgan fingerprint density at radius 2 is 2.36 bits per heavy atom. The van der Waals surface area contributed by atoms with Crippen LogP contribution < -0.4 is 5.32 Å². The molecule has 0 aliphatic heterocycles. The van der Waals surface area contributed by atoms with E-state index in [1.165, 1.54) is 0 Å². The van der Waals surface area contributed by atoms with Crippen molar-refractivity contribution in [3.05, 3.63) is 23.4 Å². The molecule has 0 saturated carbocycles. The summed E-state index contributed by atoms with van der Waals surface area (Å²) in [6, 6.07) is 2.11. The molecule has 0 heterocycles. The van der Waals surface area contributed by atoms with Gasteiger partial charge in [0.25, 0.3) is 0 Å². The maximum absolute atomic E-state index is 11.3. The third-order valence-electron chi connectivity index (χ3n) is 2.04. The van der Waals surface area contributed by atoms with Crippen molar-refractivity contribution in [3.8, 4) is 6.07 Å². The second-order valence-corrected chi connectivity index (χ2v) is 3.62. The lowest BCUT2D eigenvalue weighted by molar-refractivity contribution is -0.123. The van der Waals surface area contributed by atoms with Crippen LogP contribution in [0.5, 0.6) is 0 Å². The molecule has 14 heavy (non-hydrogen) atoms. The van der Waals surface area contributed by atoms with Crippen molar-refractivity contribution in [3.63, 3.8) is 0 Å². The highest BCUT2D eigenvalue weighted by Gasteiger charge is 2.10. The zero-order valence-corrected chi connectivity index (χ0v) is 8.50. The van der Waals surface area contributed by atoms with Gasteiger partial charge in [-0.05, 0) is 18.9 Å². The van der Waals surface area contributed by atoms with E-state index in [9.17, 15) is 4.79 Å². The standard InChI is InChI=1S/C11H14N2O/c1-8(2)11(14)13-10-5-3-4-9(6-10)7-12/h5-6,8H,3-4H2,1-2H3,(H,13,14). The van der Waals surface area contributed by atoms with Crippen molar-refractivity contribution in [2.75, 3.05) is 0 Å². The smallest absolute Gasteiger partial charge is 0.226 e. The van der Waals surface area contributed by atoms with Gasteiger partial charge in [0.2, 0.25) is 5.91 Å². The molecule has 74 valence electrons. The molecule has 0 aromatic heterocycles. The Morgan fingerprint density at radius 1 is 1.64 bits per heavy atom. The van der Waals surface area contributed by atoms with Gasteiger partial charge in [0.15, 0.2) is 0 Å². The second-order valence-electron chi connectivity index (χ2n) is 3.62. The number of carbonyl (C=O) groups excluding carboxylic acids is 1. The quantitative estimate of drug-likeness (QED) is 0.722. The summed E-state index contributed by atoms with van der Waals surface area (Å²) >= 11 is 0. The molecule has 1 rings (SSSR count). The van der Waals surface area contributed by atoms with Gasteiger partial charge in [-0.2, -0.15) is 5.26 Å². The Hall–Kier alpha value is -1.56. The van der Waals surface area contributed by atoms with Crippen LogP contribution in [-0.4, -0.2) is 5.91 Å². The second kappa shape index (κ2) is 4.61. The van der Waals surface area contributed by atoms with Crippen molar-refractivity contribution in [2.24, 2.45) is 5.92 Å². The van der Waals surface area contributed by atoms with E-state index in [2.05, 4.69) is 11.4 Å². The summed E-state index contributed by atoms with van der Waals surface area (Å²) in [5.41, 5.74) is 1.48. The number of amides is 1. The van der Waals surface area contributed by atoms with E-state index in [0.717, 1.165) is 24.1 Å². The number of allylic oxidation sites excluding steroid dienone is 3. The van der Waals surface area contributed by atoms with Crippen LogP contribution in [0.2, 0.25) is 0 Å². The summed E-state index contributed by atoms with van der Waals surface area (Å²) < 4.78 is 0. The zero-order chi connectivity index (χ0) is 10.6. The van der Waals surface area contributed by atoms with Gasteiger partial charge in [0, 0.05) is 17.2 Å². The Balaban J connectivity index is 2.63. The summed E-state index contributed by atoms with van der Waals surface area (Å²) in [6.45, 7) is 3.68. The van der Waals surface area contributed by atoms with Crippen LogP contribution in [-0.2, 0) is 4.79 Å². The number of rotatable bonds is 2. The summed E-state index contributed by atoms with van der Waals surface area (Å²) in [5, 5.41) is 11.5. The minimum Gasteiger partial charge on any atom is -0.326 e. The summed E-state index contributed by atoms with van der Waals surface area (Å²) in [4.78, 5) is 11.3. The van der Waals surface area contributed by atoms with Crippen LogP contribution in [0, 0.1) is 17.2 Å². The first-order valence-electron chi connectivity index (χ1n) is 4.75. The predicted molar refractivity (Wildman–Crippen MR) is 54.0 cm³/mol. The molecule has 1 aliphatic carbocycles. The molecule has 0 fully saturated rings. The fourth-order valence-corrected chi connectivity index (χ4v) is 1.16. The van der Waals surface area contributed by atoms with E-state index in [0.29, 0.717) is 0 Å². The van der Waals surface area contributed by atoms with E-state index < -0.39 is 0 Å². The molecule has 1 amide bonds. The SMILES string of the molecule is CC(C)C(=O)NC1=CCCC(C#N)=C1. The van der Waals surface area contributed by atoms with E-state index in [1.807, 2.05) is 19.9 Å². The van der Waals surface area contributed by atoms with Crippen LogP contribution in [0.1, 0.15) is 26.7 Å². The highest BCUT2D eigenvalue weighted by atomic mass is 16.1. The minimum absolute atomic E-state index is 0.00769. The highest BCUT2D eigenvalue weighted by molar-refractivity contribution is 5.80. The first-order valence-corrected chi connectivity index (χ1v) is 4.75. The molecule has 0 aromatic carbocycles. The van der Waals surface area contributed by atoms with Gasteiger partial charge >= 0.3 is 0 Å².